The van der Waals surface area contributed by atoms with Crippen LogP contribution in [0.3, 0.4) is 0 Å². The van der Waals surface area contributed by atoms with E-state index in [9.17, 15) is 9.50 Å². The SMILES string of the molecule is CSc1ncc(F)c(-c2ccc(-c3ncc(N(C4CC4)[C@H]4C[C@H]5CC[C@H](N5)[C@H]4F)nn3)c(O)c2)n1. The summed E-state index contributed by atoms with van der Waals surface area (Å²) in [7, 11) is 0. The second kappa shape index (κ2) is 8.94. The molecule has 2 aromatic heterocycles. The van der Waals surface area contributed by atoms with Gasteiger partial charge in [0, 0.05) is 23.7 Å². The molecule has 2 saturated heterocycles. The highest BCUT2D eigenvalue weighted by Gasteiger charge is 2.48. The summed E-state index contributed by atoms with van der Waals surface area (Å²) in [6.07, 6.45) is 8.22. The highest BCUT2D eigenvalue weighted by Crippen LogP contribution is 2.40. The molecule has 2 N–H and O–H groups in total. The monoisotopic (exact) mass is 497 g/mol. The molecular formula is C24H25F2N7OS. The number of hydrogen-bond acceptors (Lipinski definition) is 9. The summed E-state index contributed by atoms with van der Waals surface area (Å²) in [6, 6.07) is 4.98. The topological polar surface area (TPSA) is 100.0 Å². The van der Waals surface area contributed by atoms with E-state index in [0.717, 1.165) is 38.3 Å². The molecule has 3 fully saturated rings. The van der Waals surface area contributed by atoms with Crippen LogP contribution >= 0.6 is 11.8 Å². The fourth-order valence-electron chi connectivity index (χ4n) is 5.25. The quantitative estimate of drug-likeness (QED) is 0.389. The van der Waals surface area contributed by atoms with Crippen LogP contribution in [0.1, 0.15) is 32.1 Å². The number of nitrogens with one attached hydrogen (secondary N) is 1. The Bertz CT molecular complexity index is 1240. The molecule has 35 heavy (non-hydrogen) atoms. The van der Waals surface area contributed by atoms with Crippen molar-refractivity contribution in [2.45, 2.75) is 67.6 Å². The van der Waals surface area contributed by atoms with E-state index in [1.165, 1.54) is 17.8 Å². The van der Waals surface area contributed by atoms with Gasteiger partial charge in [-0.1, -0.05) is 17.8 Å². The zero-order valence-corrected chi connectivity index (χ0v) is 19.9. The molecule has 4 atom stereocenters. The molecule has 2 aliphatic heterocycles. The minimum Gasteiger partial charge on any atom is -0.507 e. The number of fused-ring (bicyclic) bond motifs is 2. The van der Waals surface area contributed by atoms with Crippen LogP contribution in [0.25, 0.3) is 22.6 Å². The Morgan fingerprint density at radius 3 is 2.69 bits per heavy atom. The third-order valence-electron chi connectivity index (χ3n) is 7.08. The van der Waals surface area contributed by atoms with E-state index in [0.29, 0.717) is 28.1 Å². The summed E-state index contributed by atoms with van der Waals surface area (Å²) in [5.41, 5.74) is 0.895. The van der Waals surface area contributed by atoms with Crippen molar-refractivity contribution in [3.8, 4) is 28.4 Å². The summed E-state index contributed by atoms with van der Waals surface area (Å²) in [5, 5.41) is 23.1. The van der Waals surface area contributed by atoms with Gasteiger partial charge in [-0.2, -0.15) is 0 Å². The molecule has 182 valence electrons. The lowest BCUT2D eigenvalue weighted by atomic mass is 9.96. The Morgan fingerprint density at radius 2 is 1.97 bits per heavy atom. The summed E-state index contributed by atoms with van der Waals surface area (Å²) in [4.78, 5) is 14.6. The van der Waals surface area contributed by atoms with E-state index in [1.807, 2.05) is 0 Å². The Kier molecular flexibility index (Phi) is 5.76. The molecule has 2 bridgehead atoms. The van der Waals surface area contributed by atoms with Crippen molar-refractivity contribution in [1.29, 1.82) is 0 Å². The average molecular weight is 498 g/mol. The van der Waals surface area contributed by atoms with E-state index in [-0.39, 0.29) is 35.4 Å². The number of benzene rings is 1. The van der Waals surface area contributed by atoms with Gasteiger partial charge >= 0.3 is 0 Å². The number of alkyl halides is 1. The smallest absolute Gasteiger partial charge is 0.187 e. The van der Waals surface area contributed by atoms with E-state index in [4.69, 9.17) is 0 Å². The zero-order valence-electron chi connectivity index (χ0n) is 19.1. The van der Waals surface area contributed by atoms with Crippen molar-refractivity contribution in [2.24, 2.45) is 0 Å². The number of phenolic OH excluding ortho intramolecular Hbond substituents is 1. The summed E-state index contributed by atoms with van der Waals surface area (Å²) in [6.45, 7) is 0. The Balaban J connectivity index is 1.27. The molecule has 3 aliphatic rings. The van der Waals surface area contributed by atoms with Crippen molar-refractivity contribution in [3.63, 3.8) is 0 Å². The van der Waals surface area contributed by atoms with Gasteiger partial charge in [-0.05, 0) is 50.5 Å². The summed E-state index contributed by atoms with van der Waals surface area (Å²) < 4.78 is 29.6. The maximum atomic E-state index is 15.3. The highest BCUT2D eigenvalue weighted by atomic mass is 32.2. The maximum absolute atomic E-state index is 15.3. The Morgan fingerprint density at radius 1 is 1.11 bits per heavy atom. The third kappa shape index (κ3) is 4.20. The Hall–Kier alpha value is -2.92. The highest BCUT2D eigenvalue weighted by molar-refractivity contribution is 7.98. The molecule has 8 nitrogen and oxygen atoms in total. The molecule has 1 saturated carbocycles. The standard InChI is InChI=1S/C24H25F2N7OS/c1-35-24-28-10-16(25)22(30-24)12-2-6-15(19(34)8-12)23-27-11-20(31-32-23)33(14-4-5-14)18-9-13-3-7-17(29-13)21(18)26/h2,6,8,10-11,13-14,17-18,21,29,34H,3-5,7,9H2,1H3/t13-,17+,18+,21-/m1/s1. The number of rotatable bonds is 6. The number of aromatic nitrogens is 5. The van der Waals surface area contributed by atoms with Crippen LogP contribution in [-0.2, 0) is 0 Å². The van der Waals surface area contributed by atoms with Crippen molar-refractivity contribution in [1.82, 2.24) is 30.5 Å². The third-order valence-corrected chi connectivity index (χ3v) is 7.64. The lowest BCUT2D eigenvalue weighted by Gasteiger charge is -2.40. The molecular weight excluding hydrogens is 472 g/mol. The number of piperidine rings is 1. The Labute approximate surface area is 205 Å². The molecule has 3 aromatic rings. The van der Waals surface area contributed by atoms with E-state index in [2.05, 4.69) is 35.4 Å². The molecule has 11 heteroatoms. The van der Waals surface area contributed by atoms with Crippen molar-refractivity contribution < 1.29 is 13.9 Å². The number of hydrogen-bond donors (Lipinski definition) is 2. The first-order valence-corrected chi connectivity index (χ1v) is 13.0. The number of halogens is 2. The van der Waals surface area contributed by atoms with Gasteiger partial charge in [0.15, 0.2) is 22.6 Å². The summed E-state index contributed by atoms with van der Waals surface area (Å²) >= 11 is 1.30. The van der Waals surface area contributed by atoms with Gasteiger partial charge in [-0.25, -0.2) is 23.7 Å². The molecule has 0 unspecified atom stereocenters. The minimum atomic E-state index is -0.957. The first kappa shape index (κ1) is 22.5. The van der Waals surface area contributed by atoms with Gasteiger partial charge in [0.05, 0.1) is 24.0 Å². The zero-order chi connectivity index (χ0) is 24.1. The fourth-order valence-corrected chi connectivity index (χ4v) is 5.60. The summed E-state index contributed by atoms with van der Waals surface area (Å²) in [5.74, 6) is 0.117. The van der Waals surface area contributed by atoms with Crippen LogP contribution < -0.4 is 10.2 Å². The molecule has 1 aromatic carbocycles. The molecule has 4 heterocycles. The molecule has 0 radical (unpaired) electrons. The maximum Gasteiger partial charge on any atom is 0.187 e. The molecule has 1 aliphatic carbocycles. The predicted molar refractivity (Wildman–Crippen MR) is 128 cm³/mol. The number of aromatic hydroxyl groups is 1. The lowest BCUT2D eigenvalue weighted by molar-refractivity contribution is 0.171. The van der Waals surface area contributed by atoms with Crippen molar-refractivity contribution >= 4 is 17.6 Å². The van der Waals surface area contributed by atoms with E-state index >= 15 is 4.39 Å². The first-order valence-electron chi connectivity index (χ1n) is 11.8. The molecule has 0 spiro atoms. The van der Waals surface area contributed by atoms with Gasteiger partial charge in [-0.3, -0.25) is 0 Å². The number of anilines is 1. The largest absolute Gasteiger partial charge is 0.507 e. The van der Waals surface area contributed by atoms with Crippen LogP contribution in [0.15, 0.2) is 35.7 Å². The van der Waals surface area contributed by atoms with Crippen LogP contribution in [0, 0.1) is 5.82 Å². The van der Waals surface area contributed by atoms with Gasteiger partial charge < -0.3 is 15.3 Å². The lowest BCUT2D eigenvalue weighted by Crippen LogP contribution is -2.57. The van der Waals surface area contributed by atoms with Gasteiger partial charge in [0.25, 0.3) is 0 Å². The van der Waals surface area contributed by atoms with Gasteiger partial charge in [0.2, 0.25) is 0 Å². The molecule has 0 amide bonds. The van der Waals surface area contributed by atoms with Crippen molar-refractivity contribution in [2.75, 3.05) is 11.2 Å². The predicted octanol–water partition coefficient (Wildman–Crippen LogP) is 3.76. The number of thioether (sulfide) groups is 1. The van der Waals surface area contributed by atoms with Crippen LogP contribution in [0.5, 0.6) is 5.75 Å². The second-order valence-electron chi connectivity index (χ2n) is 9.36. The first-order chi connectivity index (χ1) is 17.0. The van der Waals surface area contributed by atoms with Crippen LogP contribution in [0.2, 0.25) is 0 Å². The molecule has 6 rings (SSSR count). The minimum absolute atomic E-state index is 0.0950. The van der Waals surface area contributed by atoms with E-state index in [1.54, 1.807) is 24.6 Å². The fraction of sp³-hybridized carbons (Fsp3) is 0.458. The normalized spacial score (nSPS) is 25.6. The number of phenols is 1. The van der Waals surface area contributed by atoms with Gasteiger partial charge in [0.1, 0.15) is 17.6 Å². The van der Waals surface area contributed by atoms with Crippen molar-refractivity contribution in [3.05, 3.63) is 36.4 Å². The van der Waals surface area contributed by atoms with Crippen LogP contribution in [-0.4, -0.2) is 66.9 Å². The van der Waals surface area contributed by atoms with Gasteiger partial charge in [-0.15, -0.1) is 10.2 Å². The van der Waals surface area contributed by atoms with Crippen LogP contribution in [0.4, 0.5) is 14.6 Å². The average Bonchev–Trinajstić information content (AvgIpc) is 3.62. The second-order valence-corrected chi connectivity index (χ2v) is 10.1. The van der Waals surface area contributed by atoms with E-state index < -0.39 is 12.0 Å². The number of nitrogens with zero attached hydrogens (tertiary/aromatic N) is 6.